The molecule has 2 atom stereocenters. The van der Waals surface area contributed by atoms with Gasteiger partial charge in [0, 0.05) is 6.04 Å². The number of hydrogen-bond donors (Lipinski definition) is 2. The Morgan fingerprint density at radius 1 is 1.55 bits per heavy atom. The van der Waals surface area contributed by atoms with Crippen LogP contribution in [-0.2, 0) is 4.79 Å². The molecular formula is C8H15NO2. The van der Waals surface area contributed by atoms with E-state index in [0.717, 1.165) is 0 Å². The molecule has 3 nitrogen and oxygen atoms in total. The fourth-order valence-electron chi connectivity index (χ4n) is 0.658. The maximum atomic E-state index is 10.2. The molecule has 0 aliphatic rings. The first kappa shape index (κ1) is 12.6. The molecule has 0 amide bonds. The summed E-state index contributed by atoms with van der Waals surface area (Å²) in [5.41, 5.74) is 5.37. The van der Waals surface area contributed by atoms with Gasteiger partial charge in [-0.05, 0) is 13.3 Å². The van der Waals surface area contributed by atoms with Crippen molar-refractivity contribution in [3.05, 3.63) is 0 Å². The van der Waals surface area contributed by atoms with Crippen LogP contribution in [0.1, 0.15) is 20.3 Å². The highest BCUT2D eigenvalue weighted by atomic mass is 16.4. The molecule has 0 saturated carbocycles. The highest BCUT2D eigenvalue weighted by molar-refractivity contribution is 5.69. The van der Waals surface area contributed by atoms with E-state index in [1.807, 2.05) is 0 Å². The molecule has 0 saturated heterocycles. The SMILES string of the molecule is C#C.CC(N)C[C@H](C)C(=O)O. The van der Waals surface area contributed by atoms with Crippen molar-refractivity contribution in [3.8, 4) is 12.8 Å². The van der Waals surface area contributed by atoms with Crippen LogP contribution in [0.4, 0.5) is 0 Å². The van der Waals surface area contributed by atoms with Crippen molar-refractivity contribution >= 4 is 5.97 Å². The number of hydrogen-bond acceptors (Lipinski definition) is 2. The van der Waals surface area contributed by atoms with Gasteiger partial charge >= 0.3 is 5.97 Å². The van der Waals surface area contributed by atoms with Crippen molar-refractivity contribution in [2.75, 3.05) is 0 Å². The van der Waals surface area contributed by atoms with E-state index < -0.39 is 5.97 Å². The molecule has 0 aliphatic carbocycles. The lowest BCUT2D eigenvalue weighted by molar-refractivity contribution is -0.141. The monoisotopic (exact) mass is 157 g/mol. The third-order valence-electron chi connectivity index (χ3n) is 1.15. The van der Waals surface area contributed by atoms with Gasteiger partial charge in [0.15, 0.2) is 0 Å². The van der Waals surface area contributed by atoms with Crippen LogP contribution in [0.3, 0.4) is 0 Å². The minimum atomic E-state index is -0.771. The van der Waals surface area contributed by atoms with Crippen LogP contribution in [0, 0.1) is 18.8 Å². The maximum absolute atomic E-state index is 10.2. The zero-order valence-electron chi connectivity index (χ0n) is 6.95. The van der Waals surface area contributed by atoms with E-state index in [-0.39, 0.29) is 12.0 Å². The molecule has 0 fully saturated rings. The highest BCUT2D eigenvalue weighted by Gasteiger charge is 2.11. The number of carbonyl (C=O) groups is 1. The van der Waals surface area contributed by atoms with Gasteiger partial charge in [-0.25, -0.2) is 0 Å². The molecular weight excluding hydrogens is 142 g/mol. The number of carboxylic acid groups (broad SMARTS) is 1. The molecule has 0 aliphatic heterocycles. The zero-order valence-corrected chi connectivity index (χ0v) is 6.95. The van der Waals surface area contributed by atoms with E-state index in [0.29, 0.717) is 6.42 Å². The predicted octanol–water partition coefficient (Wildman–Crippen LogP) is 0.694. The van der Waals surface area contributed by atoms with Gasteiger partial charge in [-0.15, -0.1) is 12.8 Å². The van der Waals surface area contributed by atoms with Crippen LogP contribution in [0.25, 0.3) is 0 Å². The lowest BCUT2D eigenvalue weighted by atomic mass is 10.0. The normalized spacial score (nSPS) is 13.9. The summed E-state index contributed by atoms with van der Waals surface area (Å²) in [7, 11) is 0. The van der Waals surface area contributed by atoms with Crippen LogP contribution in [0.2, 0.25) is 0 Å². The molecule has 0 spiro atoms. The third kappa shape index (κ3) is 8.99. The Labute approximate surface area is 67.6 Å². The second-order valence-electron chi connectivity index (χ2n) is 2.45. The first-order valence-electron chi connectivity index (χ1n) is 3.35. The Morgan fingerprint density at radius 3 is 2.00 bits per heavy atom. The summed E-state index contributed by atoms with van der Waals surface area (Å²) >= 11 is 0. The van der Waals surface area contributed by atoms with Crippen molar-refractivity contribution in [1.29, 1.82) is 0 Å². The van der Waals surface area contributed by atoms with Gasteiger partial charge in [-0.1, -0.05) is 6.92 Å². The molecule has 64 valence electrons. The molecule has 11 heavy (non-hydrogen) atoms. The fourth-order valence-corrected chi connectivity index (χ4v) is 0.658. The Morgan fingerprint density at radius 2 is 1.91 bits per heavy atom. The summed E-state index contributed by atoms with van der Waals surface area (Å²) in [5, 5.41) is 8.38. The Hall–Kier alpha value is -1.01. The maximum Gasteiger partial charge on any atom is 0.306 e. The summed E-state index contributed by atoms with van der Waals surface area (Å²) in [6, 6.07) is -0.0175. The minimum absolute atomic E-state index is 0.0175. The molecule has 0 heterocycles. The largest absolute Gasteiger partial charge is 0.481 e. The fraction of sp³-hybridized carbons (Fsp3) is 0.625. The summed E-state index contributed by atoms with van der Waals surface area (Å²) < 4.78 is 0. The molecule has 0 aromatic rings. The molecule has 1 unspecified atom stereocenters. The van der Waals surface area contributed by atoms with Crippen LogP contribution in [-0.4, -0.2) is 17.1 Å². The Balaban J connectivity index is 0. The predicted molar refractivity (Wildman–Crippen MR) is 45.0 cm³/mol. The van der Waals surface area contributed by atoms with Gasteiger partial charge in [0.2, 0.25) is 0 Å². The lowest BCUT2D eigenvalue weighted by Gasteiger charge is -2.07. The standard InChI is InChI=1S/C6H13NO2.C2H2/c1-4(6(8)9)3-5(2)7;1-2/h4-5H,3,7H2,1-2H3,(H,8,9);1-2H/t4-,5?;/m0./s1. The summed E-state index contributed by atoms with van der Waals surface area (Å²) in [6.07, 6.45) is 8.55. The molecule has 0 radical (unpaired) electrons. The van der Waals surface area contributed by atoms with E-state index in [1.54, 1.807) is 13.8 Å². The first-order chi connectivity index (χ1) is 5.04. The van der Waals surface area contributed by atoms with Gasteiger partial charge in [0.25, 0.3) is 0 Å². The van der Waals surface area contributed by atoms with Gasteiger partial charge in [0.05, 0.1) is 5.92 Å². The van der Waals surface area contributed by atoms with Crippen molar-refractivity contribution in [3.63, 3.8) is 0 Å². The van der Waals surface area contributed by atoms with Crippen molar-refractivity contribution in [2.24, 2.45) is 11.7 Å². The quantitative estimate of drug-likeness (QED) is 0.592. The Bertz CT molecular complexity index is 129. The smallest absolute Gasteiger partial charge is 0.306 e. The highest BCUT2D eigenvalue weighted by Crippen LogP contribution is 2.02. The van der Waals surface area contributed by atoms with Crippen molar-refractivity contribution in [2.45, 2.75) is 26.3 Å². The van der Waals surface area contributed by atoms with Crippen LogP contribution < -0.4 is 5.73 Å². The topological polar surface area (TPSA) is 63.3 Å². The molecule has 0 rings (SSSR count). The van der Waals surface area contributed by atoms with E-state index >= 15 is 0 Å². The minimum Gasteiger partial charge on any atom is -0.481 e. The molecule has 0 aromatic heterocycles. The number of aliphatic carboxylic acids is 1. The summed E-state index contributed by atoms with van der Waals surface area (Å²) in [4.78, 5) is 10.2. The number of terminal acetylenes is 1. The van der Waals surface area contributed by atoms with Crippen LogP contribution in [0.5, 0.6) is 0 Å². The number of nitrogens with two attached hydrogens (primary N) is 1. The van der Waals surface area contributed by atoms with E-state index in [9.17, 15) is 4.79 Å². The second-order valence-corrected chi connectivity index (χ2v) is 2.45. The van der Waals surface area contributed by atoms with Crippen LogP contribution in [0.15, 0.2) is 0 Å². The molecule has 3 heteroatoms. The van der Waals surface area contributed by atoms with E-state index in [4.69, 9.17) is 10.8 Å². The zero-order chi connectivity index (χ0) is 9.44. The van der Waals surface area contributed by atoms with Gasteiger partial charge in [-0.2, -0.15) is 0 Å². The number of carboxylic acids is 1. The Kier molecular flexibility index (Phi) is 8.16. The van der Waals surface area contributed by atoms with Gasteiger partial charge in [0.1, 0.15) is 0 Å². The van der Waals surface area contributed by atoms with Crippen molar-refractivity contribution < 1.29 is 9.90 Å². The van der Waals surface area contributed by atoms with Crippen molar-refractivity contribution in [1.82, 2.24) is 0 Å². The summed E-state index contributed by atoms with van der Waals surface area (Å²) in [6.45, 7) is 3.46. The summed E-state index contributed by atoms with van der Waals surface area (Å²) in [5.74, 6) is -1.09. The molecule has 0 bridgehead atoms. The average Bonchev–Trinajstić information content (AvgIpc) is 1.90. The second kappa shape index (κ2) is 7.10. The van der Waals surface area contributed by atoms with E-state index in [1.165, 1.54) is 0 Å². The van der Waals surface area contributed by atoms with Gasteiger partial charge < -0.3 is 10.8 Å². The average molecular weight is 157 g/mol. The van der Waals surface area contributed by atoms with Crippen LogP contribution >= 0.6 is 0 Å². The molecule has 3 N–H and O–H groups in total. The first-order valence-corrected chi connectivity index (χ1v) is 3.35. The van der Waals surface area contributed by atoms with E-state index in [2.05, 4.69) is 12.8 Å². The molecule has 0 aromatic carbocycles. The lowest BCUT2D eigenvalue weighted by Crippen LogP contribution is -2.22. The number of rotatable bonds is 3. The van der Waals surface area contributed by atoms with Gasteiger partial charge in [-0.3, -0.25) is 4.79 Å². The third-order valence-corrected chi connectivity index (χ3v) is 1.15.